The Bertz CT molecular complexity index is 349. The van der Waals surface area contributed by atoms with E-state index in [1.807, 2.05) is 12.3 Å². The molecule has 3 nitrogen and oxygen atoms in total. The third kappa shape index (κ3) is 2.71. The molecule has 0 aromatic carbocycles. The molecule has 0 saturated carbocycles. The van der Waals surface area contributed by atoms with E-state index in [9.17, 15) is 0 Å². The Morgan fingerprint density at radius 3 is 2.47 bits per heavy atom. The summed E-state index contributed by atoms with van der Waals surface area (Å²) in [6, 6.07) is 2.04. The second-order valence-corrected chi connectivity index (χ2v) is 5.52. The first-order chi connectivity index (χ1) is 7.16. The minimum absolute atomic E-state index is 1.01. The molecule has 0 spiro atoms. The molecule has 1 saturated heterocycles. The molecule has 0 amide bonds. The fraction of sp³-hybridized carbons (Fsp3) is 0.500. The number of halogens is 2. The Morgan fingerprint density at radius 2 is 1.87 bits per heavy atom. The van der Waals surface area contributed by atoms with Crippen molar-refractivity contribution in [2.75, 3.05) is 38.1 Å². The minimum Gasteiger partial charge on any atom is -0.353 e. The number of pyridine rings is 1. The fourth-order valence-electron chi connectivity index (χ4n) is 1.66. The number of hydrogen-bond acceptors (Lipinski definition) is 3. The molecule has 15 heavy (non-hydrogen) atoms. The lowest BCUT2D eigenvalue weighted by Gasteiger charge is -2.33. The molecule has 0 atom stereocenters. The lowest BCUT2D eigenvalue weighted by atomic mass is 10.3. The van der Waals surface area contributed by atoms with Crippen molar-refractivity contribution in [1.29, 1.82) is 0 Å². The third-order valence-corrected chi connectivity index (χ3v) is 3.61. The summed E-state index contributed by atoms with van der Waals surface area (Å²) in [7, 11) is 2.15. The molecule has 1 aliphatic rings. The summed E-state index contributed by atoms with van der Waals surface area (Å²) in [5.41, 5.74) is 0. The molecule has 2 heterocycles. The summed E-state index contributed by atoms with van der Waals surface area (Å²) in [6.45, 7) is 4.29. The lowest BCUT2D eigenvalue weighted by molar-refractivity contribution is 0.312. The van der Waals surface area contributed by atoms with Gasteiger partial charge in [0.1, 0.15) is 5.82 Å². The summed E-state index contributed by atoms with van der Waals surface area (Å²) >= 11 is 6.96. The van der Waals surface area contributed by atoms with E-state index in [1.165, 1.54) is 0 Å². The molecule has 1 fully saturated rings. The number of piperazine rings is 1. The van der Waals surface area contributed by atoms with E-state index in [0.717, 1.165) is 40.9 Å². The van der Waals surface area contributed by atoms with E-state index in [2.05, 4.69) is 53.7 Å². The number of nitrogens with zero attached hydrogens (tertiary/aromatic N) is 3. The first kappa shape index (κ1) is 11.4. The second-order valence-electron chi connectivity index (χ2n) is 3.75. The summed E-state index contributed by atoms with van der Waals surface area (Å²) in [5.74, 6) is 1.05. The molecule has 5 heteroatoms. The molecular formula is C10H13Br2N3. The molecule has 1 aromatic heterocycles. The Kier molecular flexibility index (Phi) is 3.64. The van der Waals surface area contributed by atoms with Gasteiger partial charge in [0.25, 0.3) is 0 Å². The van der Waals surface area contributed by atoms with Gasteiger partial charge >= 0.3 is 0 Å². The highest BCUT2D eigenvalue weighted by Gasteiger charge is 2.17. The van der Waals surface area contributed by atoms with Crippen molar-refractivity contribution in [3.8, 4) is 0 Å². The molecule has 0 unspecified atom stereocenters. The van der Waals surface area contributed by atoms with Crippen molar-refractivity contribution in [1.82, 2.24) is 9.88 Å². The van der Waals surface area contributed by atoms with Crippen molar-refractivity contribution in [3.05, 3.63) is 21.2 Å². The van der Waals surface area contributed by atoms with Crippen LogP contribution in [0.2, 0.25) is 0 Å². The zero-order chi connectivity index (χ0) is 10.8. The quantitative estimate of drug-likeness (QED) is 0.786. The van der Waals surface area contributed by atoms with Gasteiger partial charge in [-0.2, -0.15) is 0 Å². The largest absolute Gasteiger partial charge is 0.353 e. The van der Waals surface area contributed by atoms with Gasteiger partial charge in [0.05, 0.1) is 4.47 Å². The molecule has 0 N–H and O–H groups in total. The highest BCUT2D eigenvalue weighted by Crippen LogP contribution is 2.27. The SMILES string of the molecule is CN1CCN(c2ncc(Br)cc2Br)CC1. The Balaban J connectivity index is 2.15. The first-order valence-corrected chi connectivity index (χ1v) is 6.50. The highest BCUT2D eigenvalue weighted by atomic mass is 79.9. The molecule has 82 valence electrons. The average Bonchev–Trinajstić information content (AvgIpc) is 2.20. The van der Waals surface area contributed by atoms with Gasteiger partial charge in [0, 0.05) is 36.8 Å². The predicted octanol–water partition coefficient (Wildman–Crippen LogP) is 2.36. The number of anilines is 1. The third-order valence-electron chi connectivity index (χ3n) is 2.59. The molecule has 0 aliphatic carbocycles. The summed E-state index contributed by atoms with van der Waals surface area (Å²) in [5, 5.41) is 0. The smallest absolute Gasteiger partial charge is 0.143 e. The number of rotatable bonds is 1. The maximum atomic E-state index is 4.44. The van der Waals surface area contributed by atoms with Gasteiger partial charge in [0.2, 0.25) is 0 Å². The molecule has 0 bridgehead atoms. The van der Waals surface area contributed by atoms with Crippen LogP contribution in [-0.4, -0.2) is 43.1 Å². The predicted molar refractivity (Wildman–Crippen MR) is 69.3 cm³/mol. The fourth-order valence-corrected chi connectivity index (χ4v) is 2.90. The monoisotopic (exact) mass is 333 g/mol. The maximum absolute atomic E-state index is 4.44. The highest BCUT2D eigenvalue weighted by molar-refractivity contribution is 9.11. The van der Waals surface area contributed by atoms with E-state index in [1.54, 1.807) is 0 Å². The summed E-state index contributed by atoms with van der Waals surface area (Å²) < 4.78 is 2.06. The first-order valence-electron chi connectivity index (χ1n) is 4.91. The van der Waals surface area contributed by atoms with Crippen molar-refractivity contribution >= 4 is 37.7 Å². The van der Waals surface area contributed by atoms with Gasteiger partial charge in [-0.3, -0.25) is 0 Å². The second kappa shape index (κ2) is 4.80. The van der Waals surface area contributed by atoms with Gasteiger partial charge in [0.15, 0.2) is 0 Å². The minimum atomic E-state index is 1.01. The van der Waals surface area contributed by atoms with Crippen molar-refractivity contribution in [2.45, 2.75) is 0 Å². The van der Waals surface area contributed by atoms with Crippen molar-refractivity contribution in [3.63, 3.8) is 0 Å². The van der Waals surface area contributed by atoms with Gasteiger partial charge < -0.3 is 9.80 Å². The van der Waals surface area contributed by atoms with Gasteiger partial charge in [-0.05, 0) is 45.0 Å². The Hall–Kier alpha value is -0.130. The van der Waals surface area contributed by atoms with Crippen LogP contribution in [0.15, 0.2) is 21.2 Å². The van der Waals surface area contributed by atoms with E-state index in [0.29, 0.717) is 0 Å². The number of hydrogen-bond donors (Lipinski definition) is 0. The summed E-state index contributed by atoms with van der Waals surface area (Å²) in [4.78, 5) is 9.09. The standard InChI is InChI=1S/C10H13Br2N3/c1-14-2-4-15(5-3-14)10-9(12)6-8(11)7-13-10/h6-7H,2-5H2,1H3. The summed E-state index contributed by atoms with van der Waals surface area (Å²) in [6.07, 6.45) is 1.85. The maximum Gasteiger partial charge on any atom is 0.143 e. The average molecular weight is 335 g/mol. The molecule has 1 aliphatic heterocycles. The zero-order valence-electron chi connectivity index (χ0n) is 8.58. The van der Waals surface area contributed by atoms with Crippen LogP contribution in [-0.2, 0) is 0 Å². The van der Waals surface area contributed by atoms with E-state index >= 15 is 0 Å². The van der Waals surface area contributed by atoms with E-state index in [-0.39, 0.29) is 0 Å². The normalized spacial score (nSPS) is 18.2. The topological polar surface area (TPSA) is 19.4 Å². The molecule has 1 aromatic rings. The lowest BCUT2D eigenvalue weighted by Crippen LogP contribution is -2.44. The van der Waals surface area contributed by atoms with Crippen LogP contribution in [0.3, 0.4) is 0 Å². The molecular weight excluding hydrogens is 322 g/mol. The van der Waals surface area contributed by atoms with Crippen LogP contribution >= 0.6 is 31.9 Å². The van der Waals surface area contributed by atoms with Gasteiger partial charge in [-0.15, -0.1) is 0 Å². The van der Waals surface area contributed by atoms with Crippen LogP contribution < -0.4 is 4.90 Å². The molecule has 0 radical (unpaired) electrons. The Morgan fingerprint density at radius 1 is 1.20 bits per heavy atom. The van der Waals surface area contributed by atoms with Gasteiger partial charge in [-0.25, -0.2) is 4.98 Å². The number of likely N-dealkylation sites (N-methyl/N-ethyl adjacent to an activating group) is 1. The van der Waals surface area contributed by atoms with Crippen molar-refractivity contribution in [2.24, 2.45) is 0 Å². The Labute approximate surface area is 107 Å². The van der Waals surface area contributed by atoms with Crippen LogP contribution in [0.5, 0.6) is 0 Å². The van der Waals surface area contributed by atoms with Gasteiger partial charge in [-0.1, -0.05) is 0 Å². The van der Waals surface area contributed by atoms with Crippen molar-refractivity contribution < 1.29 is 0 Å². The van der Waals surface area contributed by atoms with Crippen LogP contribution in [0.4, 0.5) is 5.82 Å². The van der Waals surface area contributed by atoms with Crippen LogP contribution in [0.25, 0.3) is 0 Å². The van der Waals surface area contributed by atoms with E-state index in [4.69, 9.17) is 0 Å². The van der Waals surface area contributed by atoms with Crippen LogP contribution in [0, 0.1) is 0 Å². The van der Waals surface area contributed by atoms with E-state index < -0.39 is 0 Å². The number of aromatic nitrogens is 1. The molecule has 2 rings (SSSR count). The zero-order valence-corrected chi connectivity index (χ0v) is 11.8. The van der Waals surface area contributed by atoms with Crippen LogP contribution in [0.1, 0.15) is 0 Å².